The Hall–Kier alpha value is -3.09. The fourth-order valence-electron chi connectivity index (χ4n) is 4.26. The smallest absolute Gasteiger partial charge is 0.327 e. The van der Waals surface area contributed by atoms with E-state index in [0.29, 0.717) is 36.4 Å². The maximum absolute atomic E-state index is 13.1. The van der Waals surface area contributed by atoms with Crippen LogP contribution in [0.25, 0.3) is 0 Å². The summed E-state index contributed by atoms with van der Waals surface area (Å²) in [7, 11) is 0. The summed E-state index contributed by atoms with van der Waals surface area (Å²) < 4.78 is 5.65. The van der Waals surface area contributed by atoms with Gasteiger partial charge in [-0.1, -0.05) is 32.9 Å². The number of carbonyl (C=O) groups is 1. The van der Waals surface area contributed by atoms with Gasteiger partial charge in [0, 0.05) is 23.6 Å². The zero-order valence-corrected chi connectivity index (χ0v) is 16.8. The summed E-state index contributed by atoms with van der Waals surface area (Å²) in [5.41, 5.74) is 1.30. The molecule has 29 heavy (non-hydrogen) atoms. The maximum Gasteiger partial charge on any atom is 0.327 e. The lowest BCUT2D eigenvalue weighted by Crippen LogP contribution is -2.38. The molecule has 2 aliphatic rings. The highest BCUT2D eigenvalue weighted by Gasteiger charge is 2.42. The molecular formula is C22H25N3O4. The molecule has 0 radical (unpaired) electrons. The normalized spacial score (nSPS) is 20.0. The molecule has 0 amide bonds. The van der Waals surface area contributed by atoms with E-state index in [1.54, 1.807) is 0 Å². The highest BCUT2D eigenvalue weighted by molar-refractivity contribution is 6.01. The molecule has 1 aromatic carbocycles. The van der Waals surface area contributed by atoms with Crippen LogP contribution in [-0.2, 0) is 4.79 Å². The predicted octanol–water partition coefficient (Wildman–Crippen LogP) is 3.05. The van der Waals surface area contributed by atoms with Crippen LogP contribution < -0.4 is 21.3 Å². The van der Waals surface area contributed by atoms with Crippen molar-refractivity contribution in [1.82, 2.24) is 9.97 Å². The van der Waals surface area contributed by atoms with E-state index in [1.165, 1.54) is 0 Å². The zero-order valence-electron chi connectivity index (χ0n) is 16.8. The molecule has 0 saturated heterocycles. The average molecular weight is 395 g/mol. The van der Waals surface area contributed by atoms with E-state index in [1.807, 2.05) is 45.0 Å². The van der Waals surface area contributed by atoms with Gasteiger partial charge in [-0.25, -0.2) is 4.79 Å². The van der Waals surface area contributed by atoms with Gasteiger partial charge in [-0.15, -0.1) is 0 Å². The van der Waals surface area contributed by atoms with Crippen LogP contribution in [-0.4, -0.2) is 22.4 Å². The van der Waals surface area contributed by atoms with Crippen LogP contribution in [0, 0.1) is 5.41 Å². The van der Waals surface area contributed by atoms with Gasteiger partial charge in [0.1, 0.15) is 11.6 Å². The number of allylic oxidation sites excluding steroid dienone is 2. The molecule has 0 bridgehead atoms. The summed E-state index contributed by atoms with van der Waals surface area (Å²) in [6.45, 7) is 6.75. The van der Waals surface area contributed by atoms with Gasteiger partial charge < -0.3 is 10.1 Å². The Morgan fingerprint density at radius 1 is 1.07 bits per heavy atom. The third-order valence-corrected chi connectivity index (χ3v) is 5.44. The molecule has 7 nitrogen and oxygen atoms in total. The minimum Gasteiger partial charge on any atom is -0.494 e. The number of H-pyrrole nitrogens is 2. The lowest BCUT2D eigenvalue weighted by Gasteiger charge is -2.38. The van der Waals surface area contributed by atoms with Crippen molar-refractivity contribution in [2.24, 2.45) is 5.41 Å². The Labute approximate surface area is 168 Å². The van der Waals surface area contributed by atoms with Crippen molar-refractivity contribution >= 4 is 11.6 Å². The third kappa shape index (κ3) is 3.52. The second kappa shape index (κ2) is 7.06. The van der Waals surface area contributed by atoms with E-state index >= 15 is 0 Å². The van der Waals surface area contributed by atoms with Crippen molar-refractivity contribution < 1.29 is 9.53 Å². The molecule has 4 rings (SSSR count). The number of hydrogen-bond acceptors (Lipinski definition) is 5. The quantitative estimate of drug-likeness (QED) is 0.738. The number of aromatic amines is 2. The van der Waals surface area contributed by atoms with Crippen molar-refractivity contribution in [2.75, 3.05) is 11.9 Å². The first-order valence-corrected chi connectivity index (χ1v) is 9.91. The number of carbonyl (C=O) groups excluding carboxylic acids is 1. The van der Waals surface area contributed by atoms with Gasteiger partial charge in [-0.3, -0.25) is 19.6 Å². The van der Waals surface area contributed by atoms with Crippen LogP contribution in [0.15, 0.2) is 45.1 Å². The minimum absolute atomic E-state index is 0.0244. The molecular weight excluding hydrogens is 370 g/mol. The number of ketones is 1. The molecule has 1 aliphatic carbocycles. The van der Waals surface area contributed by atoms with Gasteiger partial charge in [-0.2, -0.15) is 0 Å². The number of Topliss-reactive ketones (excluding diaryl/α,β-unsaturated/α-hetero) is 1. The Morgan fingerprint density at radius 3 is 2.48 bits per heavy atom. The van der Waals surface area contributed by atoms with Crippen molar-refractivity contribution in [2.45, 2.75) is 46.0 Å². The number of rotatable bonds is 4. The number of aromatic nitrogens is 2. The fraction of sp³-hybridized carbons (Fsp3) is 0.409. The second-order valence-electron chi connectivity index (χ2n) is 8.51. The van der Waals surface area contributed by atoms with Gasteiger partial charge in [0.2, 0.25) is 0 Å². The van der Waals surface area contributed by atoms with Crippen LogP contribution in [0.1, 0.15) is 57.1 Å². The van der Waals surface area contributed by atoms with Crippen LogP contribution in [0.5, 0.6) is 5.75 Å². The third-order valence-electron chi connectivity index (χ3n) is 5.44. The topological polar surface area (TPSA) is 104 Å². The van der Waals surface area contributed by atoms with Crippen molar-refractivity contribution in [3.63, 3.8) is 0 Å². The number of benzene rings is 1. The van der Waals surface area contributed by atoms with Gasteiger partial charge in [0.25, 0.3) is 5.56 Å². The van der Waals surface area contributed by atoms with Crippen molar-refractivity contribution in [1.29, 1.82) is 0 Å². The zero-order chi connectivity index (χ0) is 20.8. The summed E-state index contributed by atoms with van der Waals surface area (Å²) in [4.78, 5) is 42.7. The first-order valence-electron chi connectivity index (χ1n) is 9.91. The summed E-state index contributed by atoms with van der Waals surface area (Å²) in [5.74, 6) is 0.590. The van der Waals surface area contributed by atoms with Crippen molar-refractivity contribution in [3.05, 3.63) is 67.5 Å². The summed E-state index contributed by atoms with van der Waals surface area (Å²) >= 11 is 0. The van der Waals surface area contributed by atoms with Gasteiger partial charge >= 0.3 is 5.69 Å². The maximum atomic E-state index is 13.1. The largest absolute Gasteiger partial charge is 0.494 e. The second-order valence-corrected chi connectivity index (χ2v) is 8.51. The highest BCUT2D eigenvalue weighted by atomic mass is 16.5. The lowest BCUT2D eigenvalue weighted by atomic mass is 9.69. The predicted molar refractivity (Wildman–Crippen MR) is 110 cm³/mol. The number of fused-ring (bicyclic) bond motifs is 1. The van der Waals surface area contributed by atoms with E-state index in [9.17, 15) is 14.4 Å². The van der Waals surface area contributed by atoms with Gasteiger partial charge in [0.15, 0.2) is 5.78 Å². The number of anilines is 1. The first-order chi connectivity index (χ1) is 13.8. The van der Waals surface area contributed by atoms with E-state index in [-0.39, 0.29) is 11.2 Å². The Bertz CT molecular complexity index is 1110. The molecule has 152 valence electrons. The molecule has 2 heterocycles. The molecule has 3 N–H and O–H groups in total. The SMILES string of the molecule is CCCOc1ccc([C@@H]2C3=C(CC(C)(C)CC3=O)Nc3[nH]c(=O)[nH]c(=O)c32)cc1. The monoisotopic (exact) mass is 395 g/mol. The molecule has 2 aromatic rings. The van der Waals surface area contributed by atoms with Crippen LogP contribution in [0.4, 0.5) is 5.82 Å². The molecule has 1 aromatic heterocycles. The Morgan fingerprint density at radius 2 is 1.79 bits per heavy atom. The Kier molecular flexibility index (Phi) is 4.68. The Balaban J connectivity index is 1.87. The van der Waals surface area contributed by atoms with Crippen LogP contribution in [0.2, 0.25) is 0 Å². The molecule has 1 atom stereocenters. The molecule has 0 saturated carbocycles. The van der Waals surface area contributed by atoms with E-state index in [2.05, 4.69) is 15.3 Å². The summed E-state index contributed by atoms with van der Waals surface area (Å²) in [5, 5.41) is 3.16. The molecule has 0 fully saturated rings. The standard InChI is InChI=1S/C22H25N3O4/c1-4-9-29-13-7-5-12(6-8-13)16-17-14(10-22(2,3)11-15(17)26)23-19-18(16)20(27)25-21(28)24-19/h5-8,16H,4,9-11H2,1-3H3,(H3,23,24,25,27,28)/t16-/m1/s1. The van der Waals surface area contributed by atoms with Gasteiger partial charge in [0.05, 0.1) is 12.2 Å². The summed E-state index contributed by atoms with van der Waals surface area (Å²) in [6, 6.07) is 7.47. The van der Waals surface area contributed by atoms with Crippen LogP contribution in [0.3, 0.4) is 0 Å². The summed E-state index contributed by atoms with van der Waals surface area (Å²) in [6.07, 6.45) is 1.99. The minimum atomic E-state index is -0.575. The van der Waals surface area contributed by atoms with E-state index in [4.69, 9.17) is 4.74 Å². The number of nitrogens with one attached hydrogen (secondary N) is 3. The average Bonchev–Trinajstić information content (AvgIpc) is 2.64. The van der Waals surface area contributed by atoms with Gasteiger partial charge in [-0.05, 0) is 36.0 Å². The van der Waals surface area contributed by atoms with Crippen LogP contribution >= 0.6 is 0 Å². The highest BCUT2D eigenvalue weighted by Crippen LogP contribution is 2.47. The lowest BCUT2D eigenvalue weighted by molar-refractivity contribution is -0.118. The van der Waals surface area contributed by atoms with E-state index in [0.717, 1.165) is 23.4 Å². The van der Waals surface area contributed by atoms with Crippen molar-refractivity contribution in [3.8, 4) is 5.75 Å². The first kappa shape index (κ1) is 19.2. The van der Waals surface area contributed by atoms with E-state index < -0.39 is 17.2 Å². The molecule has 1 aliphatic heterocycles. The molecule has 7 heteroatoms. The molecule has 0 spiro atoms. The number of hydrogen-bond donors (Lipinski definition) is 3. The fourth-order valence-corrected chi connectivity index (χ4v) is 4.26. The number of ether oxygens (including phenoxy) is 1. The molecule has 0 unspecified atom stereocenters.